The molecule has 0 atom stereocenters. The number of ether oxygens (including phenoxy) is 1. The molecule has 3 aromatic rings. The van der Waals surface area contributed by atoms with E-state index in [9.17, 15) is 0 Å². The number of aromatic nitrogens is 1. The fourth-order valence-corrected chi connectivity index (χ4v) is 3.46. The number of nitrogens with two attached hydrogens (primary N) is 1. The minimum atomic E-state index is 0.740. The molecule has 0 spiro atoms. The molecule has 1 aromatic heterocycles. The summed E-state index contributed by atoms with van der Waals surface area (Å²) in [6.45, 7) is 5.09. The Morgan fingerprint density at radius 3 is 2.50 bits per heavy atom. The molecule has 1 heterocycles. The van der Waals surface area contributed by atoms with E-state index in [1.54, 1.807) is 7.11 Å². The Morgan fingerprint density at radius 2 is 1.75 bits per heavy atom. The molecule has 0 saturated heterocycles. The molecule has 0 bridgehead atoms. The highest BCUT2D eigenvalue weighted by molar-refractivity contribution is 5.95. The summed E-state index contributed by atoms with van der Waals surface area (Å²) in [4.78, 5) is 3.68. The van der Waals surface area contributed by atoms with Gasteiger partial charge >= 0.3 is 0 Å². The fraction of sp³-hybridized carbons (Fsp3) is 0.333. The number of unbranched alkanes of at least 4 members (excludes halogenated alkanes) is 1. The molecule has 3 heteroatoms. The largest absolute Gasteiger partial charge is 0.496 e. The van der Waals surface area contributed by atoms with Gasteiger partial charge in [-0.3, -0.25) is 0 Å². The van der Waals surface area contributed by atoms with E-state index < -0.39 is 0 Å². The first-order valence-corrected chi connectivity index (χ1v) is 8.61. The van der Waals surface area contributed by atoms with Crippen molar-refractivity contribution >= 4 is 10.9 Å². The van der Waals surface area contributed by atoms with Crippen molar-refractivity contribution in [2.24, 2.45) is 5.73 Å². The van der Waals surface area contributed by atoms with Crippen LogP contribution < -0.4 is 10.5 Å². The van der Waals surface area contributed by atoms with Crippen LogP contribution in [0.2, 0.25) is 0 Å². The van der Waals surface area contributed by atoms with Crippen LogP contribution in [0.15, 0.2) is 36.4 Å². The Bertz CT molecular complexity index is 848. The van der Waals surface area contributed by atoms with Gasteiger partial charge in [-0.1, -0.05) is 24.3 Å². The van der Waals surface area contributed by atoms with Crippen molar-refractivity contribution in [3.05, 3.63) is 53.1 Å². The third kappa shape index (κ3) is 2.92. The Kier molecular flexibility index (Phi) is 4.91. The highest BCUT2D eigenvalue weighted by Crippen LogP contribution is 2.38. The Labute approximate surface area is 143 Å². The van der Waals surface area contributed by atoms with Gasteiger partial charge in [0.25, 0.3) is 0 Å². The minimum Gasteiger partial charge on any atom is -0.496 e. The Hall–Kier alpha value is -2.26. The van der Waals surface area contributed by atoms with E-state index >= 15 is 0 Å². The van der Waals surface area contributed by atoms with E-state index in [4.69, 9.17) is 10.5 Å². The smallest absolute Gasteiger partial charge is 0.128 e. The highest BCUT2D eigenvalue weighted by atomic mass is 16.5. The minimum absolute atomic E-state index is 0.740. The van der Waals surface area contributed by atoms with Crippen LogP contribution >= 0.6 is 0 Å². The van der Waals surface area contributed by atoms with Gasteiger partial charge in [0.05, 0.1) is 12.8 Å². The zero-order valence-corrected chi connectivity index (χ0v) is 14.8. The van der Waals surface area contributed by atoms with Crippen molar-refractivity contribution < 1.29 is 4.74 Å². The normalized spacial score (nSPS) is 11.2. The molecular formula is C21H26N2O. The average molecular weight is 322 g/mol. The van der Waals surface area contributed by atoms with Crippen LogP contribution in [0.3, 0.4) is 0 Å². The highest BCUT2D eigenvalue weighted by Gasteiger charge is 2.18. The lowest BCUT2D eigenvalue weighted by Crippen LogP contribution is -1.99. The fourth-order valence-electron chi connectivity index (χ4n) is 3.46. The van der Waals surface area contributed by atoms with Crippen LogP contribution in [0.25, 0.3) is 22.2 Å². The predicted octanol–water partition coefficient (Wildman–Crippen LogP) is 4.74. The molecule has 0 amide bonds. The first kappa shape index (κ1) is 16.6. The number of nitrogens with one attached hydrogen (secondary N) is 1. The molecule has 0 aliphatic rings. The van der Waals surface area contributed by atoms with E-state index in [0.29, 0.717) is 0 Å². The standard InChI is InChI=1S/C21H26N2O/c1-14-11-12-15(2)20-19(14)17(9-6-7-13-22)21(23-20)16-8-4-5-10-18(16)24-3/h4-5,8,10-12,23H,6-7,9,13,22H2,1-3H3. The molecule has 0 saturated carbocycles. The molecule has 0 aliphatic carbocycles. The molecule has 0 fully saturated rings. The van der Waals surface area contributed by atoms with Crippen molar-refractivity contribution in [2.45, 2.75) is 33.1 Å². The molecule has 126 valence electrons. The van der Waals surface area contributed by atoms with Crippen LogP contribution in [-0.2, 0) is 6.42 Å². The van der Waals surface area contributed by atoms with Gasteiger partial charge in [-0.15, -0.1) is 0 Å². The summed E-state index contributed by atoms with van der Waals surface area (Å²) in [5, 5.41) is 1.35. The summed E-state index contributed by atoms with van der Waals surface area (Å²) in [6, 6.07) is 12.6. The third-order valence-electron chi connectivity index (χ3n) is 4.73. The first-order chi connectivity index (χ1) is 11.7. The van der Waals surface area contributed by atoms with Crippen molar-refractivity contribution in [3.8, 4) is 17.0 Å². The number of aromatic amines is 1. The van der Waals surface area contributed by atoms with Gasteiger partial charge in [0.2, 0.25) is 0 Å². The van der Waals surface area contributed by atoms with Crippen molar-refractivity contribution in [1.29, 1.82) is 0 Å². The lowest BCUT2D eigenvalue weighted by Gasteiger charge is -2.10. The molecule has 3 rings (SSSR count). The summed E-state index contributed by atoms with van der Waals surface area (Å²) in [5.74, 6) is 0.902. The summed E-state index contributed by atoms with van der Waals surface area (Å²) in [5.41, 5.74) is 13.2. The number of rotatable bonds is 6. The summed E-state index contributed by atoms with van der Waals surface area (Å²) in [6.07, 6.45) is 3.16. The topological polar surface area (TPSA) is 51.0 Å². The maximum atomic E-state index is 5.70. The van der Waals surface area contributed by atoms with Crippen molar-refractivity contribution in [2.75, 3.05) is 13.7 Å². The number of aryl methyl sites for hydroxylation is 3. The van der Waals surface area contributed by atoms with Gasteiger partial charge in [0.15, 0.2) is 0 Å². The molecule has 24 heavy (non-hydrogen) atoms. The second kappa shape index (κ2) is 7.10. The zero-order valence-electron chi connectivity index (χ0n) is 14.8. The Balaban J connectivity index is 2.24. The molecule has 3 nitrogen and oxygen atoms in total. The van der Waals surface area contributed by atoms with Crippen LogP contribution in [0.5, 0.6) is 5.75 Å². The second-order valence-electron chi connectivity index (χ2n) is 6.37. The van der Waals surface area contributed by atoms with Crippen molar-refractivity contribution in [1.82, 2.24) is 4.98 Å². The van der Waals surface area contributed by atoms with Gasteiger partial charge in [-0.05, 0) is 68.5 Å². The second-order valence-corrected chi connectivity index (χ2v) is 6.37. The van der Waals surface area contributed by atoms with Crippen LogP contribution in [0, 0.1) is 13.8 Å². The number of para-hydroxylation sites is 1. The quantitative estimate of drug-likeness (QED) is 0.644. The van der Waals surface area contributed by atoms with E-state index in [1.165, 1.54) is 33.3 Å². The monoisotopic (exact) mass is 322 g/mol. The van der Waals surface area contributed by atoms with Gasteiger partial charge in [0.1, 0.15) is 5.75 Å². The van der Waals surface area contributed by atoms with Crippen LogP contribution in [-0.4, -0.2) is 18.6 Å². The number of benzene rings is 2. The summed E-state index contributed by atoms with van der Waals surface area (Å²) >= 11 is 0. The van der Waals surface area contributed by atoms with Gasteiger partial charge < -0.3 is 15.5 Å². The first-order valence-electron chi connectivity index (χ1n) is 8.61. The van der Waals surface area contributed by atoms with Gasteiger partial charge in [-0.2, -0.15) is 0 Å². The molecule has 3 N–H and O–H groups in total. The molecular weight excluding hydrogens is 296 g/mol. The van der Waals surface area contributed by atoms with E-state index in [0.717, 1.165) is 37.1 Å². The summed E-state index contributed by atoms with van der Waals surface area (Å²) in [7, 11) is 1.73. The van der Waals surface area contributed by atoms with Gasteiger partial charge in [-0.25, -0.2) is 0 Å². The lowest BCUT2D eigenvalue weighted by atomic mass is 9.96. The lowest BCUT2D eigenvalue weighted by molar-refractivity contribution is 0.416. The summed E-state index contributed by atoms with van der Waals surface area (Å²) < 4.78 is 5.60. The van der Waals surface area contributed by atoms with E-state index in [1.807, 2.05) is 12.1 Å². The molecule has 0 radical (unpaired) electrons. The molecule has 0 unspecified atom stereocenters. The number of hydrogen-bond donors (Lipinski definition) is 2. The maximum Gasteiger partial charge on any atom is 0.128 e. The zero-order chi connectivity index (χ0) is 17.1. The SMILES string of the molecule is COc1ccccc1-c1[nH]c2c(C)ccc(C)c2c1CCCCN. The average Bonchev–Trinajstić information content (AvgIpc) is 2.99. The van der Waals surface area contributed by atoms with E-state index in [-0.39, 0.29) is 0 Å². The van der Waals surface area contributed by atoms with Crippen LogP contribution in [0.1, 0.15) is 29.5 Å². The number of fused-ring (bicyclic) bond motifs is 1. The maximum absolute atomic E-state index is 5.70. The molecule has 2 aromatic carbocycles. The Morgan fingerprint density at radius 1 is 1.00 bits per heavy atom. The van der Waals surface area contributed by atoms with E-state index in [2.05, 4.69) is 43.1 Å². The predicted molar refractivity (Wildman–Crippen MR) is 102 cm³/mol. The number of methoxy groups -OCH3 is 1. The third-order valence-corrected chi connectivity index (χ3v) is 4.73. The number of hydrogen-bond acceptors (Lipinski definition) is 2. The van der Waals surface area contributed by atoms with Crippen LogP contribution in [0.4, 0.5) is 0 Å². The van der Waals surface area contributed by atoms with Crippen molar-refractivity contribution in [3.63, 3.8) is 0 Å². The molecule has 0 aliphatic heterocycles. The number of H-pyrrole nitrogens is 1. The van der Waals surface area contributed by atoms with Gasteiger partial charge in [0, 0.05) is 16.5 Å².